The van der Waals surface area contributed by atoms with E-state index in [9.17, 15) is 5.11 Å². The highest BCUT2D eigenvalue weighted by Crippen LogP contribution is 2.26. The number of hydrogen-bond donors (Lipinski definition) is 2. The molecule has 3 nitrogen and oxygen atoms in total. The van der Waals surface area contributed by atoms with Crippen LogP contribution in [0.2, 0.25) is 0 Å². The monoisotopic (exact) mass is 187 g/mol. The van der Waals surface area contributed by atoms with Crippen LogP contribution >= 0.6 is 11.8 Å². The topological polar surface area (TPSA) is 64.2 Å². The van der Waals surface area contributed by atoms with Gasteiger partial charge < -0.3 is 10.2 Å². The zero-order chi connectivity index (χ0) is 9.61. The molecule has 0 bridgehead atoms. The number of rotatable bonds is 4. The molecule has 0 aliphatic carbocycles. The van der Waals surface area contributed by atoms with Gasteiger partial charge in [0.15, 0.2) is 0 Å². The first-order chi connectivity index (χ1) is 5.52. The minimum atomic E-state index is -0.991. The van der Waals surface area contributed by atoms with Crippen LogP contribution in [0.4, 0.5) is 0 Å². The smallest absolute Gasteiger partial charge is 0.0921 e. The average molecular weight is 187 g/mol. The average Bonchev–Trinajstić information content (AvgIpc) is 1.95. The van der Waals surface area contributed by atoms with Crippen LogP contribution in [-0.2, 0) is 0 Å². The molecule has 68 valence electrons. The van der Waals surface area contributed by atoms with Crippen LogP contribution in [0.25, 0.3) is 0 Å². The Morgan fingerprint density at radius 2 is 2.25 bits per heavy atom. The molecule has 0 heterocycles. The summed E-state index contributed by atoms with van der Waals surface area (Å²) < 4.78 is 0. The molecule has 4 heteroatoms. The molecule has 2 N–H and O–H groups in total. The molecule has 0 aromatic carbocycles. The van der Waals surface area contributed by atoms with Gasteiger partial charge in [-0.15, -0.1) is 11.8 Å². The van der Waals surface area contributed by atoms with Crippen LogP contribution in [0.15, 0.2) is 11.0 Å². The Labute approximate surface area is 76.7 Å². The van der Waals surface area contributed by atoms with Gasteiger partial charge in [0.25, 0.3) is 0 Å². The number of allylic oxidation sites excluding steroid dienone is 1. The van der Waals surface area contributed by atoms with Gasteiger partial charge in [0, 0.05) is 16.7 Å². The largest absolute Gasteiger partial charge is 0.396 e. The van der Waals surface area contributed by atoms with Crippen LogP contribution in [0.3, 0.4) is 0 Å². The highest BCUT2D eigenvalue weighted by molar-refractivity contribution is 8.03. The lowest BCUT2D eigenvalue weighted by atomic mass is 10.1. The molecule has 0 rings (SSSR count). The van der Waals surface area contributed by atoms with Gasteiger partial charge in [0.2, 0.25) is 0 Å². The lowest BCUT2D eigenvalue weighted by Crippen LogP contribution is -2.20. The first kappa shape index (κ1) is 11.5. The molecule has 0 aliphatic heterocycles. The van der Waals surface area contributed by atoms with Crippen molar-refractivity contribution in [3.05, 3.63) is 11.0 Å². The predicted molar refractivity (Wildman–Crippen MR) is 49.5 cm³/mol. The molecular formula is C8H13NO2S. The third-order valence-electron chi connectivity index (χ3n) is 1.15. The van der Waals surface area contributed by atoms with Gasteiger partial charge in [0.1, 0.15) is 0 Å². The standard InChI is InChI=1S/C8H13NO2S/c1-8(2,11)7(3-4-9)12-6-5-10/h3,10-11H,5-6H2,1-2H3/b7-3-. The van der Waals surface area contributed by atoms with Crippen LogP contribution in [0.5, 0.6) is 0 Å². The van der Waals surface area contributed by atoms with E-state index in [1.807, 2.05) is 6.07 Å². The van der Waals surface area contributed by atoms with E-state index in [-0.39, 0.29) is 6.61 Å². The Balaban J connectivity index is 4.28. The quantitative estimate of drug-likeness (QED) is 0.641. The summed E-state index contributed by atoms with van der Waals surface area (Å²) in [5.41, 5.74) is -0.991. The van der Waals surface area contributed by atoms with E-state index >= 15 is 0 Å². The number of aliphatic hydroxyl groups is 2. The lowest BCUT2D eigenvalue weighted by molar-refractivity contribution is 0.129. The van der Waals surface area contributed by atoms with E-state index in [2.05, 4.69) is 0 Å². The fourth-order valence-electron chi connectivity index (χ4n) is 0.609. The number of aliphatic hydroxyl groups excluding tert-OH is 1. The van der Waals surface area contributed by atoms with Crippen molar-refractivity contribution in [1.29, 1.82) is 5.26 Å². The van der Waals surface area contributed by atoms with Gasteiger partial charge in [-0.05, 0) is 13.8 Å². The zero-order valence-electron chi connectivity index (χ0n) is 7.24. The maximum Gasteiger partial charge on any atom is 0.0921 e. The lowest BCUT2D eigenvalue weighted by Gasteiger charge is -2.19. The highest BCUT2D eigenvalue weighted by Gasteiger charge is 2.19. The Morgan fingerprint density at radius 1 is 1.67 bits per heavy atom. The van der Waals surface area contributed by atoms with Crippen molar-refractivity contribution in [1.82, 2.24) is 0 Å². The second kappa shape index (κ2) is 5.20. The van der Waals surface area contributed by atoms with Crippen molar-refractivity contribution >= 4 is 11.8 Å². The molecule has 0 atom stereocenters. The van der Waals surface area contributed by atoms with Gasteiger partial charge in [-0.2, -0.15) is 5.26 Å². The maximum absolute atomic E-state index is 9.51. The van der Waals surface area contributed by atoms with Crippen LogP contribution < -0.4 is 0 Å². The normalized spacial score (nSPS) is 12.8. The molecule has 0 unspecified atom stereocenters. The minimum absolute atomic E-state index is 0.0452. The minimum Gasteiger partial charge on any atom is -0.396 e. The predicted octanol–water partition coefficient (Wildman–Crippen LogP) is 0.890. The van der Waals surface area contributed by atoms with Crippen molar-refractivity contribution in [3.8, 4) is 6.07 Å². The summed E-state index contributed by atoms with van der Waals surface area (Å²) in [5.74, 6) is 0.498. The molecule has 0 saturated heterocycles. The SMILES string of the molecule is CC(C)(O)/C(=C/C#N)SCCO. The molecular weight excluding hydrogens is 174 g/mol. The summed E-state index contributed by atoms with van der Waals surface area (Å²) >= 11 is 1.29. The third-order valence-corrected chi connectivity index (χ3v) is 2.46. The number of nitrogens with zero attached hydrogens (tertiary/aromatic N) is 1. The van der Waals surface area contributed by atoms with Gasteiger partial charge in [0.05, 0.1) is 18.3 Å². The van der Waals surface area contributed by atoms with E-state index in [4.69, 9.17) is 10.4 Å². The number of thioether (sulfide) groups is 1. The summed E-state index contributed by atoms with van der Waals surface area (Å²) in [4.78, 5) is 0.582. The molecule has 0 aromatic heterocycles. The fraction of sp³-hybridized carbons (Fsp3) is 0.625. The molecule has 0 spiro atoms. The molecule has 0 aliphatic rings. The molecule has 0 saturated carbocycles. The van der Waals surface area contributed by atoms with Gasteiger partial charge in [-0.3, -0.25) is 0 Å². The first-order valence-electron chi connectivity index (χ1n) is 3.58. The highest BCUT2D eigenvalue weighted by atomic mass is 32.2. The second-order valence-electron chi connectivity index (χ2n) is 2.77. The Bertz CT molecular complexity index is 200. The third kappa shape index (κ3) is 4.39. The van der Waals surface area contributed by atoms with Crippen molar-refractivity contribution in [2.45, 2.75) is 19.4 Å². The molecule has 0 amide bonds. The summed E-state index contributed by atoms with van der Waals surface area (Å²) in [5, 5.41) is 26.4. The van der Waals surface area contributed by atoms with Gasteiger partial charge >= 0.3 is 0 Å². The number of hydrogen-bond acceptors (Lipinski definition) is 4. The molecule has 0 radical (unpaired) electrons. The Hall–Kier alpha value is -0.500. The van der Waals surface area contributed by atoms with E-state index in [0.717, 1.165) is 0 Å². The molecule has 12 heavy (non-hydrogen) atoms. The van der Waals surface area contributed by atoms with E-state index in [0.29, 0.717) is 10.7 Å². The van der Waals surface area contributed by atoms with Gasteiger partial charge in [-0.1, -0.05) is 0 Å². The summed E-state index contributed by atoms with van der Waals surface area (Å²) in [6.07, 6.45) is 1.31. The van der Waals surface area contributed by atoms with Crippen LogP contribution in [0.1, 0.15) is 13.8 Å². The van der Waals surface area contributed by atoms with Crippen molar-refractivity contribution < 1.29 is 10.2 Å². The molecule has 0 fully saturated rings. The second-order valence-corrected chi connectivity index (χ2v) is 3.91. The van der Waals surface area contributed by atoms with Crippen molar-refractivity contribution in [2.75, 3.05) is 12.4 Å². The van der Waals surface area contributed by atoms with E-state index in [1.165, 1.54) is 17.8 Å². The summed E-state index contributed by atoms with van der Waals surface area (Å²) in [7, 11) is 0. The Morgan fingerprint density at radius 3 is 2.58 bits per heavy atom. The summed E-state index contributed by atoms with van der Waals surface area (Å²) in [6.45, 7) is 3.27. The van der Waals surface area contributed by atoms with Crippen LogP contribution in [-0.4, -0.2) is 28.2 Å². The summed E-state index contributed by atoms with van der Waals surface area (Å²) in [6, 6.07) is 1.86. The fourth-order valence-corrected chi connectivity index (χ4v) is 1.41. The van der Waals surface area contributed by atoms with Gasteiger partial charge in [-0.25, -0.2) is 0 Å². The first-order valence-corrected chi connectivity index (χ1v) is 4.57. The van der Waals surface area contributed by atoms with Crippen molar-refractivity contribution in [3.63, 3.8) is 0 Å². The Kier molecular flexibility index (Phi) is 4.98. The van der Waals surface area contributed by atoms with Crippen LogP contribution in [0, 0.1) is 11.3 Å². The maximum atomic E-state index is 9.51. The van der Waals surface area contributed by atoms with E-state index in [1.54, 1.807) is 13.8 Å². The van der Waals surface area contributed by atoms with E-state index < -0.39 is 5.60 Å². The van der Waals surface area contributed by atoms with Crippen molar-refractivity contribution in [2.24, 2.45) is 0 Å². The number of nitriles is 1. The molecule has 0 aromatic rings. The zero-order valence-corrected chi connectivity index (χ0v) is 8.06.